The maximum absolute atomic E-state index is 9.46. The number of hydrogen-bond acceptors (Lipinski definition) is 2. The standard InChI is InChI=1S/C17H27NO/c19-14-17(13-16-9-5-2-6-10-16)18-12-11-15-7-3-1-4-8-15/h2,5-6,9-10,15,17-19H,1,3-4,7-8,11-14H2/t17-/m0/s1. The summed E-state index contributed by atoms with van der Waals surface area (Å²) < 4.78 is 0. The topological polar surface area (TPSA) is 32.3 Å². The molecular weight excluding hydrogens is 234 g/mol. The van der Waals surface area contributed by atoms with Crippen LogP contribution in [-0.4, -0.2) is 24.3 Å². The third-order valence-electron chi connectivity index (χ3n) is 4.26. The molecule has 2 N–H and O–H groups in total. The second-order valence-electron chi connectivity index (χ2n) is 5.82. The Balaban J connectivity index is 1.67. The molecule has 0 aliphatic heterocycles. The van der Waals surface area contributed by atoms with Crippen LogP contribution in [-0.2, 0) is 6.42 Å². The Kier molecular flexibility index (Phi) is 6.38. The Hall–Kier alpha value is -0.860. The van der Waals surface area contributed by atoms with Crippen LogP contribution in [0.2, 0.25) is 0 Å². The van der Waals surface area contributed by atoms with Gasteiger partial charge in [0.2, 0.25) is 0 Å². The molecule has 0 unspecified atom stereocenters. The number of hydrogen-bond donors (Lipinski definition) is 2. The molecule has 1 aromatic carbocycles. The van der Waals surface area contributed by atoms with Crippen LogP contribution in [0.25, 0.3) is 0 Å². The summed E-state index contributed by atoms with van der Waals surface area (Å²) in [6, 6.07) is 10.6. The molecule has 2 heteroatoms. The second kappa shape index (κ2) is 8.34. The highest BCUT2D eigenvalue weighted by Gasteiger charge is 2.14. The van der Waals surface area contributed by atoms with Crippen molar-refractivity contribution < 1.29 is 5.11 Å². The van der Waals surface area contributed by atoms with Crippen molar-refractivity contribution in [2.45, 2.75) is 51.0 Å². The number of benzene rings is 1. The molecule has 1 aromatic rings. The average Bonchev–Trinajstić information content (AvgIpc) is 2.48. The highest BCUT2D eigenvalue weighted by molar-refractivity contribution is 5.15. The largest absolute Gasteiger partial charge is 0.395 e. The SMILES string of the molecule is OC[C@H](Cc1ccccc1)NCCC1CCCCC1. The van der Waals surface area contributed by atoms with Gasteiger partial charge in [0.05, 0.1) is 6.61 Å². The van der Waals surface area contributed by atoms with E-state index in [0.717, 1.165) is 18.9 Å². The van der Waals surface area contributed by atoms with E-state index in [2.05, 4.69) is 29.6 Å². The van der Waals surface area contributed by atoms with E-state index in [1.54, 1.807) is 0 Å². The quantitative estimate of drug-likeness (QED) is 0.790. The van der Waals surface area contributed by atoms with Crippen molar-refractivity contribution in [1.82, 2.24) is 5.32 Å². The monoisotopic (exact) mass is 261 g/mol. The summed E-state index contributed by atoms with van der Waals surface area (Å²) >= 11 is 0. The lowest BCUT2D eigenvalue weighted by Gasteiger charge is -2.23. The molecular formula is C17H27NO. The van der Waals surface area contributed by atoms with Crippen molar-refractivity contribution >= 4 is 0 Å². The normalized spacial score (nSPS) is 18.4. The Morgan fingerprint density at radius 2 is 1.84 bits per heavy atom. The molecule has 0 radical (unpaired) electrons. The molecule has 0 spiro atoms. The fraction of sp³-hybridized carbons (Fsp3) is 0.647. The Morgan fingerprint density at radius 1 is 1.11 bits per heavy atom. The lowest BCUT2D eigenvalue weighted by atomic mass is 9.87. The van der Waals surface area contributed by atoms with E-state index in [-0.39, 0.29) is 12.6 Å². The molecule has 1 atom stereocenters. The van der Waals surface area contributed by atoms with Crippen molar-refractivity contribution in [1.29, 1.82) is 0 Å². The summed E-state index contributed by atoms with van der Waals surface area (Å²) in [5, 5.41) is 13.0. The molecule has 0 aromatic heterocycles. The molecule has 1 fully saturated rings. The smallest absolute Gasteiger partial charge is 0.0587 e. The summed E-state index contributed by atoms with van der Waals surface area (Å²) in [6.07, 6.45) is 9.26. The van der Waals surface area contributed by atoms with Crippen molar-refractivity contribution in [3.8, 4) is 0 Å². The summed E-state index contributed by atoms with van der Waals surface area (Å²) in [7, 11) is 0. The lowest BCUT2D eigenvalue weighted by molar-refractivity contribution is 0.236. The molecule has 0 saturated heterocycles. The molecule has 0 heterocycles. The highest BCUT2D eigenvalue weighted by atomic mass is 16.3. The first-order valence-corrected chi connectivity index (χ1v) is 7.76. The van der Waals surface area contributed by atoms with Gasteiger partial charge in [0, 0.05) is 6.04 Å². The van der Waals surface area contributed by atoms with Gasteiger partial charge in [-0.1, -0.05) is 62.4 Å². The zero-order chi connectivity index (χ0) is 13.3. The Morgan fingerprint density at radius 3 is 2.53 bits per heavy atom. The molecule has 2 rings (SSSR count). The predicted molar refractivity (Wildman–Crippen MR) is 80.2 cm³/mol. The molecule has 2 nitrogen and oxygen atoms in total. The van der Waals surface area contributed by atoms with Gasteiger partial charge in [0.1, 0.15) is 0 Å². The van der Waals surface area contributed by atoms with Crippen LogP contribution in [0.3, 0.4) is 0 Å². The predicted octanol–water partition coefficient (Wildman–Crippen LogP) is 3.15. The van der Waals surface area contributed by atoms with Gasteiger partial charge >= 0.3 is 0 Å². The Labute approximate surface area is 117 Å². The van der Waals surface area contributed by atoms with Crippen LogP contribution in [0.1, 0.15) is 44.1 Å². The zero-order valence-corrected chi connectivity index (χ0v) is 11.9. The van der Waals surface area contributed by atoms with E-state index >= 15 is 0 Å². The maximum atomic E-state index is 9.46. The van der Waals surface area contributed by atoms with Crippen molar-refractivity contribution in [2.75, 3.05) is 13.2 Å². The molecule has 0 bridgehead atoms. The highest BCUT2D eigenvalue weighted by Crippen LogP contribution is 2.25. The fourth-order valence-electron chi connectivity index (χ4n) is 3.07. The van der Waals surface area contributed by atoms with Gasteiger partial charge in [-0.25, -0.2) is 0 Å². The molecule has 0 amide bonds. The van der Waals surface area contributed by atoms with Crippen LogP contribution >= 0.6 is 0 Å². The van der Waals surface area contributed by atoms with Crippen molar-refractivity contribution in [2.24, 2.45) is 5.92 Å². The van der Waals surface area contributed by atoms with Crippen LogP contribution in [0.4, 0.5) is 0 Å². The summed E-state index contributed by atoms with van der Waals surface area (Å²) in [6.45, 7) is 1.27. The number of rotatable bonds is 7. The minimum Gasteiger partial charge on any atom is -0.395 e. The third-order valence-corrected chi connectivity index (χ3v) is 4.26. The maximum Gasteiger partial charge on any atom is 0.0587 e. The first kappa shape index (κ1) is 14.5. The zero-order valence-electron chi connectivity index (χ0n) is 11.9. The second-order valence-corrected chi connectivity index (χ2v) is 5.82. The lowest BCUT2D eigenvalue weighted by Crippen LogP contribution is -2.36. The minimum absolute atomic E-state index is 0.200. The van der Waals surface area contributed by atoms with Gasteiger partial charge in [-0.2, -0.15) is 0 Å². The molecule has 1 saturated carbocycles. The van der Waals surface area contributed by atoms with Crippen LogP contribution in [0.15, 0.2) is 30.3 Å². The first-order chi connectivity index (χ1) is 9.38. The van der Waals surface area contributed by atoms with Gasteiger partial charge in [0.15, 0.2) is 0 Å². The molecule has 106 valence electrons. The van der Waals surface area contributed by atoms with E-state index in [4.69, 9.17) is 0 Å². The fourth-order valence-corrected chi connectivity index (χ4v) is 3.07. The van der Waals surface area contributed by atoms with Crippen LogP contribution in [0, 0.1) is 5.92 Å². The van der Waals surface area contributed by atoms with E-state index in [1.807, 2.05) is 6.07 Å². The van der Waals surface area contributed by atoms with Crippen molar-refractivity contribution in [3.63, 3.8) is 0 Å². The Bertz CT molecular complexity index is 332. The van der Waals surface area contributed by atoms with E-state index in [1.165, 1.54) is 44.1 Å². The minimum atomic E-state index is 0.200. The van der Waals surface area contributed by atoms with Crippen LogP contribution < -0.4 is 5.32 Å². The van der Waals surface area contributed by atoms with Gasteiger partial charge in [-0.15, -0.1) is 0 Å². The summed E-state index contributed by atoms with van der Waals surface area (Å²) in [4.78, 5) is 0. The van der Waals surface area contributed by atoms with E-state index < -0.39 is 0 Å². The van der Waals surface area contributed by atoms with Gasteiger partial charge in [-0.05, 0) is 30.9 Å². The average molecular weight is 261 g/mol. The first-order valence-electron chi connectivity index (χ1n) is 7.76. The van der Waals surface area contributed by atoms with E-state index in [9.17, 15) is 5.11 Å². The molecule has 19 heavy (non-hydrogen) atoms. The number of aliphatic hydroxyl groups is 1. The molecule has 1 aliphatic rings. The number of nitrogens with one attached hydrogen (secondary N) is 1. The summed E-state index contributed by atoms with van der Waals surface area (Å²) in [5.41, 5.74) is 1.30. The van der Waals surface area contributed by atoms with Gasteiger partial charge in [0.25, 0.3) is 0 Å². The van der Waals surface area contributed by atoms with Crippen LogP contribution in [0.5, 0.6) is 0 Å². The summed E-state index contributed by atoms with van der Waals surface area (Å²) in [5.74, 6) is 0.914. The van der Waals surface area contributed by atoms with Gasteiger partial charge < -0.3 is 10.4 Å². The number of aliphatic hydroxyl groups excluding tert-OH is 1. The van der Waals surface area contributed by atoms with Gasteiger partial charge in [-0.3, -0.25) is 0 Å². The van der Waals surface area contributed by atoms with E-state index in [0.29, 0.717) is 0 Å². The van der Waals surface area contributed by atoms with Crippen molar-refractivity contribution in [3.05, 3.63) is 35.9 Å². The third kappa shape index (κ3) is 5.33. The molecule has 1 aliphatic carbocycles.